The van der Waals surface area contributed by atoms with Crippen molar-refractivity contribution in [2.75, 3.05) is 0 Å². The van der Waals surface area contributed by atoms with Gasteiger partial charge in [0.1, 0.15) is 0 Å². The first-order valence-corrected chi connectivity index (χ1v) is 24.8. The third-order valence-corrected chi connectivity index (χ3v) is 15.7. The maximum Gasteiger partial charge on any atom is 0.0713 e. The fraction of sp³-hybridized carbons (Fsp3) is 0.0294. The lowest BCUT2D eigenvalue weighted by Gasteiger charge is -2.33. The molecule has 12 aromatic rings. The van der Waals surface area contributed by atoms with Crippen LogP contribution in [-0.4, -0.2) is 0 Å². The summed E-state index contributed by atoms with van der Waals surface area (Å²) in [5.41, 5.74) is 20.9. The van der Waals surface area contributed by atoms with Crippen molar-refractivity contribution in [2.45, 2.75) is 11.3 Å². The van der Waals surface area contributed by atoms with Crippen molar-refractivity contribution in [2.24, 2.45) is 0 Å². The molecule has 0 amide bonds. The van der Waals surface area contributed by atoms with E-state index in [2.05, 4.69) is 273 Å². The van der Waals surface area contributed by atoms with Crippen LogP contribution in [0.2, 0.25) is 0 Å². The lowest BCUT2D eigenvalue weighted by Crippen LogP contribution is -2.28. The van der Waals surface area contributed by atoms with Crippen molar-refractivity contribution < 1.29 is 0 Å². The summed E-state index contributed by atoms with van der Waals surface area (Å²) >= 11 is 1.87. The van der Waals surface area contributed by atoms with Crippen LogP contribution >= 0.6 is 11.3 Å². The normalized spacial score (nSPS) is 13.0. The largest absolute Gasteiger partial charge is 0.135 e. The van der Waals surface area contributed by atoms with E-state index >= 15 is 0 Å². The highest BCUT2D eigenvalue weighted by Gasteiger charge is 2.46. The van der Waals surface area contributed by atoms with E-state index in [4.69, 9.17) is 0 Å². The summed E-state index contributed by atoms with van der Waals surface area (Å²) < 4.78 is 2.65. The zero-order valence-corrected chi connectivity index (χ0v) is 38.8. The lowest BCUT2D eigenvalue weighted by atomic mass is 9.67. The summed E-state index contributed by atoms with van der Waals surface area (Å²) in [6, 6.07) is 101. The van der Waals surface area contributed by atoms with Gasteiger partial charge >= 0.3 is 0 Å². The zero-order chi connectivity index (χ0) is 45.7. The molecule has 0 nitrogen and oxygen atoms in total. The second-order valence-corrected chi connectivity index (χ2v) is 19.4. The predicted octanol–water partition coefficient (Wildman–Crippen LogP) is 18.3. The Kier molecular flexibility index (Phi) is 10.1. The number of thiophene rings is 1. The Morgan fingerprint density at radius 3 is 1.61 bits per heavy atom. The molecule has 11 aromatic carbocycles. The number of rotatable bonds is 9. The van der Waals surface area contributed by atoms with Crippen LogP contribution in [0, 0.1) is 0 Å². The quantitative estimate of drug-likeness (QED) is 0.127. The van der Waals surface area contributed by atoms with E-state index in [1.807, 2.05) is 11.3 Å². The van der Waals surface area contributed by atoms with Crippen molar-refractivity contribution >= 4 is 31.5 Å². The molecule has 1 aliphatic rings. The first-order chi connectivity index (χ1) is 34.2. The second kappa shape index (κ2) is 17.1. The van der Waals surface area contributed by atoms with Gasteiger partial charge in [-0.15, -0.1) is 11.3 Å². The Labute approximate surface area is 408 Å². The third-order valence-electron chi connectivity index (χ3n) is 14.5. The smallest absolute Gasteiger partial charge is 0.0713 e. The number of hydrogen-bond acceptors (Lipinski definition) is 1. The van der Waals surface area contributed by atoms with Gasteiger partial charge in [-0.3, -0.25) is 0 Å². The molecule has 0 N–H and O–H groups in total. The van der Waals surface area contributed by atoms with Gasteiger partial charge in [0, 0.05) is 26.1 Å². The van der Waals surface area contributed by atoms with Gasteiger partial charge in [-0.05, 0) is 119 Å². The van der Waals surface area contributed by atoms with E-state index in [0.29, 0.717) is 0 Å². The van der Waals surface area contributed by atoms with Gasteiger partial charge < -0.3 is 0 Å². The number of benzene rings is 11. The SMILES string of the molecule is c1ccc(-c2cccc(C(c3ccc(-c4cccc5sc6ccccc6c45)cc3)c3ccccc3-c3cccc(-c4ccc5c(c4)-c4ccccc4C5(c4ccccc4)c4ccccc4)c3)c2)cc1. The van der Waals surface area contributed by atoms with Crippen LogP contribution in [0.3, 0.4) is 0 Å². The fourth-order valence-corrected chi connectivity index (χ4v) is 12.6. The molecule has 13 rings (SSSR count). The van der Waals surface area contributed by atoms with Crippen LogP contribution in [0.15, 0.2) is 273 Å². The Hall–Kier alpha value is -8.36. The molecule has 324 valence electrons. The van der Waals surface area contributed by atoms with E-state index in [1.54, 1.807) is 0 Å². The summed E-state index contributed by atoms with van der Waals surface area (Å²) in [7, 11) is 0. The van der Waals surface area contributed by atoms with Crippen LogP contribution in [0.4, 0.5) is 0 Å². The molecule has 0 fully saturated rings. The lowest BCUT2D eigenvalue weighted by molar-refractivity contribution is 0.768. The van der Waals surface area contributed by atoms with E-state index in [0.717, 1.165) is 0 Å². The topological polar surface area (TPSA) is 0 Å². The highest BCUT2D eigenvalue weighted by Crippen LogP contribution is 2.57. The molecule has 0 saturated heterocycles. The molecule has 0 bridgehead atoms. The Balaban J connectivity index is 0.936. The molecular formula is C68H46S. The average Bonchev–Trinajstić information content (AvgIpc) is 3.96. The summed E-state index contributed by atoms with van der Waals surface area (Å²) in [6.07, 6.45) is 0. The maximum atomic E-state index is 2.44. The van der Waals surface area contributed by atoms with Crippen LogP contribution in [0.25, 0.3) is 75.8 Å². The molecule has 1 aliphatic carbocycles. The molecular weight excluding hydrogens is 849 g/mol. The molecule has 0 saturated carbocycles. The van der Waals surface area contributed by atoms with E-state index in [9.17, 15) is 0 Å². The highest BCUT2D eigenvalue weighted by atomic mass is 32.1. The Bertz CT molecular complexity index is 3790. The summed E-state index contributed by atoms with van der Waals surface area (Å²) in [5.74, 6) is -0.0269. The van der Waals surface area contributed by atoms with Gasteiger partial charge in [0.2, 0.25) is 0 Å². The minimum Gasteiger partial charge on any atom is -0.135 e. The van der Waals surface area contributed by atoms with Crippen molar-refractivity contribution in [3.05, 3.63) is 312 Å². The fourth-order valence-electron chi connectivity index (χ4n) is 11.5. The molecule has 1 aromatic heterocycles. The van der Waals surface area contributed by atoms with Gasteiger partial charge in [-0.2, -0.15) is 0 Å². The van der Waals surface area contributed by atoms with E-state index in [1.165, 1.54) is 115 Å². The van der Waals surface area contributed by atoms with Crippen molar-refractivity contribution in [1.29, 1.82) is 0 Å². The van der Waals surface area contributed by atoms with Gasteiger partial charge in [0.05, 0.1) is 5.41 Å². The third kappa shape index (κ3) is 6.89. The van der Waals surface area contributed by atoms with Crippen LogP contribution in [0.5, 0.6) is 0 Å². The first-order valence-electron chi connectivity index (χ1n) is 23.9. The van der Waals surface area contributed by atoms with E-state index < -0.39 is 5.41 Å². The van der Waals surface area contributed by atoms with Crippen molar-refractivity contribution in [1.82, 2.24) is 0 Å². The van der Waals surface area contributed by atoms with Gasteiger partial charge in [0.25, 0.3) is 0 Å². The van der Waals surface area contributed by atoms with Gasteiger partial charge in [-0.1, -0.05) is 249 Å². The molecule has 1 heterocycles. The average molecular weight is 895 g/mol. The van der Waals surface area contributed by atoms with Gasteiger partial charge in [-0.25, -0.2) is 0 Å². The molecule has 0 radical (unpaired) electrons. The summed E-state index contributed by atoms with van der Waals surface area (Å²) in [5, 5.41) is 2.66. The predicted molar refractivity (Wildman–Crippen MR) is 292 cm³/mol. The Morgan fingerprint density at radius 2 is 0.826 bits per heavy atom. The molecule has 0 spiro atoms. The summed E-state index contributed by atoms with van der Waals surface area (Å²) in [4.78, 5) is 0. The highest BCUT2D eigenvalue weighted by molar-refractivity contribution is 7.25. The number of hydrogen-bond donors (Lipinski definition) is 0. The molecule has 1 atom stereocenters. The van der Waals surface area contributed by atoms with Gasteiger partial charge in [0.15, 0.2) is 0 Å². The van der Waals surface area contributed by atoms with Crippen molar-refractivity contribution in [3.63, 3.8) is 0 Å². The summed E-state index contributed by atoms with van der Waals surface area (Å²) in [6.45, 7) is 0. The molecule has 0 aliphatic heterocycles. The molecule has 69 heavy (non-hydrogen) atoms. The standard InChI is InChI=1S/C68H46S/c1-4-19-46(20-5-1)49-21-17-24-53(44-49)66(48-39-37-47(38-40-48)57-33-18-36-65-67(57)60-32-13-15-35-64(60)69-65)59-31-11-10-29-56(59)52-23-16-22-50(43-52)51-41-42-63-61(45-51)58-30-12-14-34-62(58)68(63,54-25-6-2-7-26-54)55-27-8-3-9-28-55/h1-45,66H. The number of fused-ring (bicyclic) bond motifs is 6. The van der Waals surface area contributed by atoms with Crippen LogP contribution in [-0.2, 0) is 5.41 Å². The van der Waals surface area contributed by atoms with Crippen molar-refractivity contribution in [3.8, 4) is 55.6 Å². The second-order valence-electron chi connectivity index (χ2n) is 18.3. The Morgan fingerprint density at radius 1 is 0.290 bits per heavy atom. The van der Waals surface area contributed by atoms with E-state index in [-0.39, 0.29) is 5.92 Å². The maximum absolute atomic E-state index is 2.44. The van der Waals surface area contributed by atoms with Crippen LogP contribution < -0.4 is 0 Å². The van der Waals surface area contributed by atoms with Crippen LogP contribution in [0.1, 0.15) is 44.9 Å². The first kappa shape index (κ1) is 40.9. The molecule has 1 heteroatoms. The monoisotopic (exact) mass is 894 g/mol. The minimum atomic E-state index is -0.426. The molecule has 1 unspecified atom stereocenters. The minimum absolute atomic E-state index is 0.0269. The zero-order valence-electron chi connectivity index (χ0n) is 38.0.